The first-order valence-corrected chi connectivity index (χ1v) is 7.78. The van der Waals surface area contributed by atoms with Crippen LogP contribution in [0.2, 0.25) is 0 Å². The van der Waals surface area contributed by atoms with E-state index in [1.807, 2.05) is 17.1 Å². The molecule has 0 saturated carbocycles. The van der Waals surface area contributed by atoms with Crippen molar-refractivity contribution >= 4 is 5.82 Å². The minimum absolute atomic E-state index is 0.0702. The molecule has 0 spiro atoms. The van der Waals surface area contributed by atoms with Crippen molar-refractivity contribution in [2.24, 2.45) is 0 Å². The molecule has 2 aromatic heterocycles. The van der Waals surface area contributed by atoms with Gasteiger partial charge in [0, 0.05) is 30.3 Å². The van der Waals surface area contributed by atoms with E-state index in [0.717, 1.165) is 48.7 Å². The van der Waals surface area contributed by atoms with Crippen molar-refractivity contribution in [1.29, 1.82) is 0 Å². The highest BCUT2D eigenvalue weighted by Crippen LogP contribution is 2.31. The molecule has 2 rings (SSSR count). The molecule has 2 heterocycles. The largest absolute Gasteiger partial charge is 0.383 e. The Morgan fingerprint density at radius 1 is 1.19 bits per heavy atom. The molecule has 0 aliphatic carbocycles. The van der Waals surface area contributed by atoms with Gasteiger partial charge in [0.15, 0.2) is 0 Å². The first kappa shape index (κ1) is 15.6. The molecule has 0 unspecified atom stereocenters. The first-order valence-electron chi connectivity index (χ1n) is 7.78. The third kappa shape index (κ3) is 3.12. The number of rotatable bonds is 5. The van der Waals surface area contributed by atoms with Gasteiger partial charge in [0.05, 0.1) is 6.20 Å². The molecule has 0 radical (unpaired) electrons. The lowest BCUT2D eigenvalue weighted by atomic mass is 10.1. The summed E-state index contributed by atoms with van der Waals surface area (Å²) in [6, 6.07) is 0. The third-order valence-electron chi connectivity index (χ3n) is 3.49. The minimum Gasteiger partial charge on any atom is -0.383 e. The van der Waals surface area contributed by atoms with E-state index in [4.69, 9.17) is 10.7 Å². The van der Waals surface area contributed by atoms with Crippen molar-refractivity contribution in [3.05, 3.63) is 18.2 Å². The molecule has 0 fully saturated rings. The van der Waals surface area contributed by atoms with Crippen LogP contribution in [0.3, 0.4) is 0 Å². The van der Waals surface area contributed by atoms with Gasteiger partial charge in [0.25, 0.3) is 0 Å². The molecule has 0 saturated heterocycles. The van der Waals surface area contributed by atoms with Gasteiger partial charge in [-0.25, -0.2) is 4.98 Å². The first-order chi connectivity index (χ1) is 9.88. The number of hydrogen-bond donors (Lipinski definition) is 1. The third-order valence-corrected chi connectivity index (χ3v) is 3.49. The Bertz CT molecular complexity index is 601. The zero-order chi connectivity index (χ0) is 15.6. The molecule has 116 valence electrons. The van der Waals surface area contributed by atoms with Crippen molar-refractivity contribution in [2.45, 2.75) is 66.0 Å². The number of nitrogen functional groups attached to an aromatic ring is 1. The molecule has 0 amide bonds. The number of nitrogens with zero attached hydrogens (tertiary/aromatic N) is 4. The standard InChI is InChI=1S/C16H27N5/c1-6-8-13-19-14(15(17)21(13)16(3,4)5)12-10-18-20(11-12)9-7-2/h10-11H,6-9,17H2,1-5H3. The molecule has 5 heteroatoms. The molecule has 0 atom stereocenters. The van der Waals surface area contributed by atoms with E-state index in [9.17, 15) is 0 Å². The number of aromatic nitrogens is 4. The Morgan fingerprint density at radius 3 is 2.48 bits per heavy atom. The lowest BCUT2D eigenvalue weighted by molar-refractivity contribution is 0.387. The van der Waals surface area contributed by atoms with E-state index in [1.165, 1.54) is 0 Å². The number of imidazole rings is 1. The van der Waals surface area contributed by atoms with Crippen LogP contribution < -0.4 is 5.73 Å². The second-order valence-corrected chi connectivity index (χ2v) is 6.51. The zero-order valence-corrected chi connectivity index (χ0v) is 13.8. The number of hydrogen-bond acceptors (Lipinski definition) is 3. The summed E-state index contributed by atoms with van der Waals surface area (Å²) in [5.41, 5.74) is 8.19. The van der Waals surface area contributed by atoms with Gasteiger partial charge in [-0.05, 0) is 33.6 Å². The van der Waals surface area contributed by atoms with Crippen LogP contribution in [0.15, 0.2) is 12.4 Å². The summed E-state index contributed by atoms with van der Waals surface area (Å²) in [6.07, 6.45) is 6.95. The molecule has 21 heavy (non-hydrogen) atoms. The molecular formula is C16H27N5. The van der Waals surface area contributed by atoms with Crippen molar-refractivity contribution in [3.8, 4) is 11.3 Å². The van der Waals surface area contributed by atoms with Crippen molar-refractivity contribution in [2.75, 3.05) is 5.73 Å². The summed E-state index contributed by atoms with van der Waals surface area (Å²) in [5.74, 6) is 1.79. The van der Waals surface area contributed by atoms with Gasteiger partial charge in [0.2, 0.25) is 0 Å². The molecule has 0 aliphatic rings. The summed E-state index contributed by atoms with van der Waals surface area (Å²) >= 11 is 0. The average molecular weight is 289 g/mol. The Morgan fingerprint density at radius 2 is 1.90 bits per heavy atom. The van der Waals surface area contributed by atoms with E-state index in [1.54, 1.807) is 0 Å². The predicted octanol–water partition coefficient (Wildman–Crippen LogP) is 3.45. The van der Waals surface area contributed by atoms with Gasteiger partial charge in [0.1, 0.15) is 17.3 Å². The number of nitrogens with two attached hydrogens (primary N) is 1. The SMILES string of the molecule is CCCc1nc(-c2cnn(CCC)c2)c(N)n1C(C)(C)C. The number of anilines is 1. The van der Waals surface area contributed by atoms with Crippen LogP contribution in [0.25, 0.3) is 11.3 Å². The van der Waals surface area contributed by atoms with Crippen LogP contribution in [-0.2, 0) is 18.5 Å². The van der Waals surface area contributed by atoms with E-state index < -0.39 is 0 Å². The van der Waals surface area contributed by atoms with Gasteiger partial charge in [-0.1, -0.05) is 13.8 Å². The fourth-order valence-corrected chi connectivity index (χ4v) is 2.67. The zero-order valence-electron chi connectivity index (χ0n) is 13.8. The summed E-state index contributed by atoms with van der Waals surface area (Å²) in [6.45, 7) is 11.7. The summed E-state index contributed by atoms with van der Waals surface area (Å²) in [5, 5.41) is 4.38. The summed E-state index contributed by atoms with van der Waals surface area (Å²) < 4.78 is 4.10. The highest BCUT2D eigenvalue weighted by molar-refractivity contribution is 5.70. The normalized spacial score (nSPS) is 12.0. The highest BCUT2D eigenvalue weighted by Gasteiger charge is 2.24. The van der Waals surface area contributed by atoms with E-state index in [0.29, 0.717) is 0 Å². The van der Waals surface area contributed by atoms with Gasteiger partial charge in [-0.2, -0.15) is 5.10 Å². The molecular weight excluding hydrogens is 262 g/mol. The van der Waals surface area contributed by atoms with E-state index >= 15 is 0 Å². The maximum atomic E-state index is 6.40. The molecule has 2 N–H and O–H groups in total. The van der Waals surface area contributed by atoms with E-state index in [-0.39, 0.29) is 5.54 Å². The molecule has 0 aromatic carbocycles. The van der Waals surface area contributed by atoms with Crippen LogP contribution in [0.1, 0.15) is 53.3 Å². The predicted molar refractivity (Wildman–Crippen MR) is 87.1 cm³/mol. The quantitative estimate of drug-likeness (QED) is 0.917. The average Bonchev–Trinajstić information content (AvgIpc) is 2.94. The maximum absolute atomic E-state index is 6.40. The topological polar surface area (TPSA) is 61.7 Å². The number of aryl methyl sites for hydroxylation is 2. The van der Waals surface area contributed by atoms with Gasteiger partial charge in [-0.15, -0.1) is 0 Å². The fraction of sp³-hybridized carbons (Fsp3) is 0.625. The lowest BCUT2D eigenvalue weighted by Crippen LogP contribution is -2.25. The van der Waals surface area contributed by atoms with Gasteiger partial charge < -0.3 is 10.3 Å². The Kier molecular flexibility index (Phi) is 4.40. The summed E-state index contributed by atoms with van der Waals surface area (Å²) in [7, 11) is 0. The van der Waals surface area contributed by atoms with Crippen molar-refractivity contribution in [1.82, 2.24) is 19.3 Å². The summed E-state index contributed by atoms with van der Waals surface area (Å²) in [4.78, 5) is 4.79. The minimum atomic E-state index is -0.0702. The van der Waals surface area contributed by atoms with Crippen LogP contribution in [0.4, 0.5) is 5.82 Å². The monoisotopic (exact) mass is 289 g/mol. The molecule has 0 bridgehead atoms. The van der Waals surface area contributed by atoms with Gasteiger partial charge >= 0.3 is 0 Å². The van der Waals surface area contributed by atoms with Crippen molar-refractivity contribution in [3.63, 3.8) is 0 Å². The molecule has 0 aliphatic heterocycles. The molecule has 5 nitrogen and oxygen atoms in total. The van der Waals surface area contributed by atoms with E-state index in [2.05, 4.69) is 44.3 Å². The fourth-order valence-electron chi connectivity index (χ4n) is 2.67. The lowest BCUT2D eigenvalue weighted by Gasteiger charge is -2.25. The van der Waals surface area contributed by atoms with Crippen molar-refractivity contribution < 1.29 is 0 Å². The Labute approximate surface area is 127 Å². The van der Waals surface area contributed by atoms with Crippen LogP contribution >= 0.6 is 0 Å². The Balaban J connectivity index is 2.48. The maximum Gasteiger partial charge on any atom is 0.132 e. The van der Waals surface area contributed by atoms with Gasteiger partial charge in [-0.3, -0.25) is 4.68 Å². The van der Waals surface area contributed by atoms with Crippen LogP contribution in [-0.4, -0.2) is 19.3 Å². The smallest absolute Gasteiger partial charge is 0.132 e. The van der Waals surface area contributed by atoms with Crippen LogP contribution in [0.5, 0.6) is 0 Å². The Hall–Kier alpha value is -1.78. The van der Waals surface area contributed by atoms with Crippen LogP contribution in [0, 0.1) is 0 Å². The highest BCUT2D eigenvalue weighted by atomic mass is 15.3. The second kappa shape index (κ2) is 5.92. The second-order valence-electron chi connectivity index (χ2n) is 6.51. The molecule has 2 aromatic rings.